The highest BCUT2D eigenvalue weighted by atomic mass is 127. The second kappa shape index (κ2) is 12.6. The molecular formula is C25H39IN6O. The second-order valence-corrected chi connectivity index (χ2v) is 9.00. The van der Waals surface area contributed by atoms with Crippen LogP contribution in [0.2, 0.25) is 0 Å². The first-order valence-electron chi connectivity index (χ1n) is 12.2. The van der Waals surface area contributed by atoms with Gasteiger partial charge in [-0.15, -0.1) is 24.0 Å². The van der Waals surface area contributed by atoms with Crippen LogP contribution in [0.15, 0.2) is 29.4 Å². The van der Waals surface area contributed by atoms with Gasteiger partial charge in [0.1, 0.15) is 0 Å². The fourth-order valence-corrected chi connectivity index (χ4v) is 4.83. The van der Waals surface area contributed by atoms with E-state index in [1.54, 1.807) is 0 Å². The Hall–Kier alpha value is -1.81. The van der Waals surface area contributed by atoms with Gasteiger partial charge in [-0.05, 0) is 50.7 Å². The van der Waals surface area contributed by atoms with Gasteiger partial charge >= 0.3 is 0 Å². The summed E-state index contributed by atoms with van der Waals surface area (Å²) < 4.78 is 0. The van der Waals surface area contributed by atoms with Crippen molar-refractivity contribution >= 4 is 46.7 Å². The number of rotatable bonds is 6. The number of para-hydroxylation sites is 1. The highest BCUT2D eigenvalue weighted by Gasteiger charge is 2.24. The number of aliphatic imine (C=N–C) groups is 1. The number of benzene rings is 1. The lowest BCUT2D eigenvalue weighted by atomic mass is 10.1. The predicted octanol–water partition coefficient (Wildman–Crippen LogP) is 3.23. The summed E-state index contributed by atoms with van der Waals surface area (Å²) in [6.07, 6.45) is 6.61. The number of piperazine rings is 1. The number of halogens is 1. The van der Waals surface area contributed by atoms with Crippen molar-refractivity contribution in [1.82, 2.24) is 25.0 Å². The molecule has 7 nitrogen and oxygen atoms in total. The van der Waals surface area contributed by atoms with Crippen molar-refractivity contribution in [2.75, 3.05) is 58.9 Å². The summed E-state index contributed by atoms with van der Waals surface area (Å²) in [7, 11) is 0. The van der Waals surface area contributed by atoms with Crippen molar-refractivity contribution in [2.24, 2.45) is 4.99 Å². The quantitative estimate of drug-likeness (QED) is 0.320. The maximum absolute atomic E-state index is 12.6. The summed E-state index contributed by atoms with van der Waals surface area (Å²) in [6.45, 7) is 11.9. The minimum Gasteiger partial charge on any atom is -0.361 e. The Morgan fingerprint density at radius 3 is 2.55 bits per heavy atom. The SMILES string of the molecule is CCNC(=NCCc1c[nH]c2c(C)cccc12)N1CCN(CC(=O)N2CCCCC2)CC1.I. The monoisotopic (exact) mass is 566 g/mol. The summed E-state index contributed by atoms with van der Waals surface area (Å²) in [6, 6.07) is 6.45. The van der Waals surface area contributed by atoms with Crippen LogP contribution in [0, 0.1) is 6.92 Å². The number of guanidine groups is 1. The molecule has 0 unspecified atom stereocenters. The zero-order chi connectivity index (χ0) is 22.3. The minimum absolute atomic E-state index is 0. The lowest BCUT2D eigenvalue weighted by Gasteiger charge is -2.37. The smallest absolute Gasteiger partial charge is 0.236 e. The predicted molar refractivity (Wildman–Crippen MR) is 147 cm³/mol. The molecule has 2 aromatic rings. The average molecular weight is 567 g/mol. The number of amides is 1. The summed E-state index contributed by atoms with van der Waals surface area (Å²) in [4.78, 5) is 27.6. The van der Waals surface area contributed by atoms with Crippen LogP contribution in [0.25, 0.3) is 10.9 Å². The van der Waals surface area contributed by atoms with E-state index in [0.29, 0.717) is 12.5 Å². The average Bonchev–Trinajstić information content (AvgIpc) is 3.24. The standard InChI is InChI=1S/C25H38N6O.HI/c1-3-26-25(27-11-10-21-18-28-24-20(2)8-7-9-22(21)24)31-16-14-29(15-17-31)19-23(32)30-12-5-4-6-13-30;/h7-9,18,28H,3-6,10-17,19H2,1-2H3,(H,26,27);1H. The fourth-order valence-electron chi connectivity index (χ4n) is 4.83. The second-order valence-electron chi connectivity index (χ2n) is 9.00. The van der Waals surface area contributed by atoms with Crippen LogP contribution < -0.4 is 5.32 Å². The van der Waals surface area contributed by atoms with Crippen molar-refractivity contribution in [3.8, 4) is 0 Å². The molecule has 0 atom stereocenters. The number of carbonyl (C=O) groups excluding carboxylic acids is 1. The van der Waals surface area contributed by atoms with Gasteiger partial charge in [-0.1, -0.05) is 18.2 Å². The van der Waals surface area contributed by atoms with Crippen molar-refractivity contribution in [3.63, 3.8) is 0 Å². The number of fused-ring (bicyclic) bond motifs is 1. The van der Waals surface area contributed by atoms with Crippen LogP contribution in [0.5, 0.6) is 0 Å². The first kappa shape index (κ1) is 25.8. The van der Waals surface area contributed by atoms with E-state index in [1.807, 2.05) is 4.90 Å². The van der Waals surface area contributed by atoms with Crippen molar-refractivity contribution in [1.29, 1.82) is 0 Å². The third kappa shape index (κ3) is 6.62. The Kier molecular flexibility index (Phi) is 9.85. The molecule has 1 aromatic heterocycles. The van der Waals surface area contributed by atoms with Gasteiger partial charge < -0.3 is 20.1 Å². The molecule has 1 amide bonds. The van der Waals surface area contributed by atoms with Gasteiger partial charge in [0.05, 0.1) is 6.54 Å². The molecule has 0 saturated carbocycles. The largest absolute Gasteiger partial charge is 0.361 e. The van der Waals surface area contributed by atoms with Crippen LogP contribution >= 0.6 is 24.0 Å². The van der Waals surface area contributed by atoms with Crippen molar-refractivity contribution in [3.05, 3.63) is 35.5 Å². The highest BCUT2D eigenvalue weighted by molar-refractivity contribution is 14.0. The third-order valence-corrected chi connectivity index (χ3v) is 6.73. The molecule has 2 fully saturated rings. The summed E-state index contributed by atoms with van der Waals surface area (Å²) in [5.41, 5.74) is 3.83. The Balaban J connectivity index is 0.00000306. The number of nitrogens with one attached hydrogen (secondary N) is 2. The third-order valence-electron chi connectivity index (χ3n) is 6.73. The van der Waals surface area contributed by atoms with Crippen LogP contribution in [-0.2, 0) is 11.2 Å². The Labute approximate surface area is 215 Å². The molecule has 2 aliphatic rings. The molecule has 1 aromatic carbocycles. The molecule has 2 aliphatic heterocycles. The van der Waals surface area contributed by atoms with Gasteiger partial charge in [0, 0.05) is 69.5 Å². The number of carbonyl (C=O) groups is 1. The first-order chi connectivity index (χ1) is 15.7. The van der Waals surface area contributed by atoms with Gasteiger partial charge in [-0.25, -0.2) is 0 Å². The number of aromatic nitrogens is 1. The van der Waals surface area contributed by atoms with Crippen LogP contribution in [0.4, 0.5) is 0 Å². The Morgan fingerprint density at radius 1 is 1.06 bits per heavy atom. The molecule has 0 bridgehead atoms. The zero-order valence-corrected chi connectivity index (χ0v) is 22.4. The van der Waals surface area contributed by atoms with E-state index < -0.39 is 0 Å². The number of aromatic amines is 1. The number of aryl methyl sites for hydroxylation is 1. The number of hydrogen-bond acceptors (Lipinski definition) is 3. The summed E-state index contributed by atoms with van der Waals surface area (Å²) in [5, 5.41) is 4.76. The van der Waals surface area contributed by atoms with E-state index in [-0.39, 0.29) is 24.0 Å². The van der Waals surface area contributed by atoms with Crippen LogP contribution in [-0.4, -0.2) is 90.5 Å². The van der Waals surface area contributed by atoms with Gasteiger partial charge in [-0.2, -0.15) is 0 Å². The molecule has 4 rings (SSSR count). The van der Waals surface area contributed by atoms with Crippen molar-refractivity contribution < 1.29 is 4.79 Å². The lowest BCUT2D eigenvalue weighted by Crippen LogP contribution is -2.54. The lowest BCUT2D eigenvalue weighted by molar-refractivity contribution is -0.133. The number of H-pyrrole nitrogens is 1. The van der Waals surface area contributed by atoms with E-state index in [9.17, 15) is 4.79 Å². The molecule has 8 heteroatoms. The molecule has 33 heavy (non-hydrogen) atoms. The van der Waals surface area contributed by atoms with E-state index in [0.717, 1.165) is 77.6 Å². The van der Waals surface area contributed by atoms with Crippen molar-refractivity contribution in [2.45, 2.75) is 39.5 Å². The Bertz CT molecular complexity index is 928. The molecule has 3 heterocycles. The first-order valence-corrected chi connectivity index (χ1v) is 12.2. The molecule has 0 radical (unpaired) electrons. The fraction of sp³-hybridized carbons (Fsp3) is 0.600. The molecule has 2 saturated heterocycles. The van der Waals surface area contributed by atoms with Gasteiger partial charge in [0.2, 0.25) is 5.91 Å². The molecular weight excluding hydrogens is 527 g/mol. The van der Waals surface area contributed by atoms with E-state index >= 15 is 0 Å². The van der Waals surface area contributed by atoms with Gasteiger partial charge in [0.25, 0.3) is 0 Å². The maximum atomic E-state index is 12.6. The van der Waals surface area contributed by atoms with Gasteiger partial charge in [-0.3, -0.25) is 14.7 Å². The van der Waals surface area contributed by atoms with E-state index in [2.05, 4.69) is 58.3 Å². The zero-order valence-electron chi connectivity index (χ0n) is 20.1. The molecule has 0 spiro atoms. The van der Waals surface area contributed by atoms with Gasteiger partial charge in [0.15, 0.2) is 5.96 Å². The minimum atomic E-state index is 0. The highest BCUT2D eigenvalue weighted by Crippen LogP contribution is 2.21. The molecule has 182 valence electrons. The number of likely N-dealkylation sites (tertiary alicyclic amines) is 1. The number of nitrogens with zero attached hydrogens (tertiary/aromatic N) is 4. The number of piperidine rings is 1. The normalized spacial score (nSPS) is 17.8. The molecule has 2 N–H and O–H groups in total. The van der Waals surface area contributed by atoms with Crippen LogP contribution in [0.3, 0.4) is 0 Å². The molecule has 0 aliphatic carbocycles. The summed E-state index contributed by atoms with van der Waals surface area (Å²) >= 11 is 0. The Morgan fingerprint density at radius 2 is 1.82 bits per heavy atom. The maximum Gasteiger partial charge on any atom is 0.236 e. The topological polar surface area (TPSA) is 67.0 Å². The van der Waals surface area contributed by atoms with Crippen LogP contribution in [0.1, 0.15) is 37.3 Å². The van der Waals surface area contributed by atoms with E-state index in [4.69, 9.17) is 4.99 Å². The summed E-state index contributed by atoms with van der Waals surface area (Å²) in [5.74, 6) is 1.29. The van der Waals surface area contributed by atoms with E-state index in [1.165, 1.54) is 28.5 Å². The number of hydrogen-bond donors (Lipinski definition) is 2.